The summed E-state index contributed by atoms with van der Waals surface area (Å²) in [6.07, 6.45) is -0.537. The Balaban J connectivity index is 2.31. The number of hydrogen-bond acceptors (Lipinski definition) is 2. The minimum atomic E-state index is -0.537. The van der Waals surface area contributed by atoms with E-state index in [2.05, 4.69) is 5.32 Å². The number of amides is 1. The monoisotopic (exact) mass is 277 g/mol. The van der Waals surface area contributed by atoms with Crippen LogP contribution in [0.2, 0.25) is 5.02 Å². The molecule has 0 bridgehead atoms. The van der Waals surface area contributed by atoms with E-state index in [4.69, 9.17) is 16.3 Å². The Bertz CT molecular complexity index is 598. The first-order chi connectivity index (χ1) is 9.13. The molecule has 0 aliphatic carbocycles. The van der Waals surface area contributed by atoms with Crippen molar-refractivity contribution in [3.63, 3.8) is 0 Å². The third-order valence-electron chi connectivity index (χ3n) is 2.85. The van der Waals surface area contributed by atoms with Crippen molar-refractivity contribution in [2.75, 3.05) is 6.54 Å². The zero-order valence-corrected chi connectivity index (χ0v) is 11.7. The lowest BCUT2D eigenvalue weighted by Crippen LogP contribution is -2.36. The Morgan fingerprint density at radius 3 is 2.63 bits per heavy atom. The molecule has 19 heavy (non-hydrogen) atoms. The zero-order chi connectivity index (χ0) is 13.8. The van der Waals surface area contributed by atoms with E-state index in [9.17, 15) is 4.79 Å². The van der Waals surface area contributed by atoms with Gasteiger partial charge < -0.3 is 10.1 Å². The molecule has 0 spiro atoms. The molecule has 0 unspecified atom stereocenters. The second-order valence-corrected chi connectivity index (χ2v) is 4.65. The fourth-order valence-corrected chi connectivity index (χ4v) is 2.13. The number of carbonyl (C=O) groups is 1. The normalized spacial score (nSPS) is 12.2. The number of rotatable bonds is 4. The highest BCUT2D eigenvalue weighted by Crippen LogP contribution is 2.31. The summed E-state index contributed by atoms with van der Waals surface area (Å²) in [6.45, 7) is 4.20. The van der Waals surface area contributed by atoms with E-state index < -0.39 is 6.10 Å². The summed E-state index contributed by atoms with van der Waals surface area (Å²) in [5, 5.41) is 5.24. The topological polar surface area (TPSA) is 38.3 Å². The van der Waals surface area contributed by atoms with Gasteiger partial charge in [-0.05, 0) is 26.0 Å². The second-order valence-electron chi connectivity index (χ2n) is 4.25. The molecule has 1 amide bonds. The summed E-state index contributed by atoms with van der Waals surface area (Å²) < 4.78 is 5.73. The predicted octanol–water partition coefficient (Wildman–Crippen LogP) is 3.40. The van der Waals surface area contributed by atoms with Crippen LogP contribution in [-0.2, 0) is 4.79 Å². The van der Waals surface area contributed by atoms with Gasteiger partial charge in [0.1, 0.15) is 5.75 Å². The first-order valence-corrected chi connectivity index (χ1v) is 6.63. The molecular weight excluding hydrogens is 262 g/mol. The fourth-order valence-electron chi connectivity index (χ4n) is 1.90. The Hall–Kier alpha value is -1.74. The van der Waals surface area contributed by atoms with E-state index in [-0.39, 0.29) is 5.91 Å². The molecule has 2 aromatic rings. The van der Waals surface area contributed by atoms with Crippen LogP contribution in [0.4, 0.5) is 0 Å². The van der Waals surface area contributed by atoms with E-state index in [1.165, 1.54) is 0 Å². The molecule has 0 aliphatic rings. The van der Waals surface area contributed by atoms with Crippen LogP contribution in [0.3, 0.4) is 0 Å². The predicted molar refractivity (Wildman–Crippen MR) is 77.7 cm³/mol. The molecule has 100 valence electrons. The van der Waals surface area contributed by atoms with Crippen LogP contribution < -0.4 is 10.1 Å². The van der Waals surface area contributed by atoms with Crippen molar-refractivity contribution < 1.29 is 9.53 Å². The second kappa shape index (κ2) is 5.93. The zero-order valence-electron chi connectivity index (χ0n) is 10.9. The molecule has 3 nitrogen and oxygen atoms in total. The number of fused-ring (bicyclic) bond motifs is 1. The quantitative estimate of drug-likeness (QED) is 0.930. The average molecular weight is 278 g/mol. The molecule has 0 aromatic heterocycles. The van der Waals surface area contributed by atoms with Gasteiger partial charge in [0.25, 0.3) is 5.91 Å². The van der Waals surface area contributed by atoms with Crippen molar-refractivity contribution in [1.29, 1.82) is 0 Å². The number of nitrogens with one attached hydrogen (secondary N) is 1. The van der Waals surface area contributed by atoms with Gasteiger partial charge in [-0.3, -0.25) is 4.79 Å². The Kier molecular flexibility index (Phi) is 4.27. The minimum Gasteiger partial charge on any atom is -0.480 e. The molecule has 4 heteroatoms. The van der Waals surface area contributed by atoms with Gasteiger partial charge in [-0.25, -0.2) is 0 Å². The van der Waals surface area contributed by atoms with Crippen LogP contribution in [0.15, 0.2) is 36.4 Å². The highest BCUT2D eigenvalue weighted by molar-refractivity contribution is 6.35. The van der Waals surface area contributed by atoms with Gasteiger partial charge in [0, 0.05) is 22.3 Å². The molecule has 2 aromatic carbocycles. The highest BCUT2D eigenvalue weighted by Gasteiger charge is 2.15. The van der Waals surface area contributed by atoms with Gasteiger partial charge in [0.15, 0.2) is 6.10 Å². The first kappa shape index (κ1) is 13.7. The van der Waals surface area contributed by atoms with Gasteiger partial charge in [-0.2, -0.15) is 0 Å². The van der Waals surface area contributed by atoms with Gasteiger partial charge in [0.05, 0.1) is 0 Å². The van der Waals surface area contributed by atoms with Crippen molar-refractivity contribution in [3.05, 3.63) is 41.4 Å². The standard InChI is InChI=1S/C15H16ClNO2/c1-3-17-15(18)10(2)19-14-9-8-13(16)11-6-4-5-7-12(11)14/h4-10H,3H2,1-2H3,(H,17,18)/t10-/m0/s1. The molecule has 0 heterocycles. The van der Waals surface area contributed by atoms with Crippen molar-refractivity contribution in [1.82, 2.24) is 5.32 Å². The number of hydrogen-bond donors (Lipinski definition) is 1. The van der Waals surface area contributed by atoms with Crippen LogP contribution in [0.1, 0.15) is 13.8 Å². The molecule has 0 radical (unpaired) electrons. The van der Waals surface area contributed by atoms with E-state index in [1.807, 2.05) is 31.2 Å². The third-order valence-corrected chi connectivity index (χ3v) is 3.18. The highest BCUT2D eigenvalue weighted by atomic mass is 35.5. The lowest BCUT2D eigenvalue weighted by Gasteiger charge is -2.16. The van der Waals surface area contributed by atoms with Gasteiger partial charge >= 0.3 is 0 Å². The van der Waals surface area contributed by atoms with E-state index in [0.29, 0.717) is 17.3 Å². The summed E-state index contributed by atoms with van der Waals surface area (Å²) in [5.41, 5.74) is 0. The molecule has 2 rings (SSSR count). The van der Waals surface area contributed by atoms with Crippen molar-refractivity contribution in [2.24, 2.45) is 0 Å². The van der Waals surface area contributed by atoms with Gasteiger partial charge in [-0.15, -0.1) is 0 Å². The van der Waals surface area contributed by atoms with Crippen LogP contribution >= 0.6 is 11.6 Å². The summed E-state index contributed by atoms with van der Waals surface area (Å²) in [4.78, 5) is 11.7. The van der Waals surface area contributed by atoms with Crippen LogP contribution in [0.25, 0.3) is 10.8 Å². The summed E-state index contributed by atoms with van der Waals surface area (Å²) >= 11 is 6.14. The third kappa shape index (κ3) is 2.99. The number of halogens is 1. The minimum absolute atomic E-state index is 0.124. The smallest absolute Gasteiger partial charge is 0.260 e. The van der Waals surface area contributed by atoms with Crippen molar-refractivity contribution >= 4 is 28.3 Å². The maximum absolute atomic E-state index is 11.7. The molecular formula is C15H16ClNO2. The Labute approximate surface area is 117 Å². The molecule has 0 saturated heterocycles. The lowest BCUT2D eigenvalue weighted by molar-refractivity contribution is -0.127. The largest absolute Gasteiger partial charge is 0.480 e. The van der Waals surface area contributed by atoms with Gasteiger partial charge in [-0.1, -0.05) is 35.9 Å². The molecule has 0 aliphatic heterocycles. The maximum Gasteiger partial charge on any atom is 0.260 e. The van der Waals surface area contributed by atoms with Gasteiger partial charge in [0.2, 0.25) is 0 Å². The fraction of sp³-hybridized carbons (Fsp3) is 0.267. The maximum atomic E-state index is 11.7. The summed E-state index contributed by atoms with van der Waals surface area (Å²) in [5.74, 6) is 0.542. The molecule has 0 saturated carbocycles. The van der Waals surface area contributed by atoms with Crippen LogP contribution in [0.5, 0.6) is 5.75 Å². The Morgan fingerprint density at radius 2 is 1.95 bits per heavy atom. The molecule has 1 atom stereocenters. The van der Waals surface area contributed by atoms with E-state index >= 15 is 0 Å². The van der Waals surface area contributed by atoms with Crippen LogP contribution in [0, 0.1) is 0 Å². The Morgan fingerprint density at radius 1 is 1.26 bits per heavy atom. The number of carbonyl (C=O) groups excluding carboxylic acids is 1. The van der Waals surface area contributed by atoms with Crippen molar-refractivity contribution in [3.8, 4) is 5.75 Å². The summed E-state index contributed by atoms with van der Waals surface area (Å²) in [7, 11) is 0. The van der Waals surface area contributed by atoms with E-state index in [1.54, 1.807) is 19.1 Å². The number of benzene rings is 2. The summed E-state index contributed by atoms with van der Waals surface area (Å²) in [6, 6.07) is 11.3. The van der Waals surface area contributed by atoms with E-state index in [0.717, 1.165) is 10.8 Å². The number of ether oxygens (including phenoxy) is 1. The molecule has 1 N–H and O–H groups in total. The average Bonchev–Trinajstić information content (AvgIpc) is 2.42. The lowest BCUT2D eigenvalue weighted by atomic mass is 10.1. The molecule has 0 fully saturated rings. The van der Waals surface area contributed by atoms with Crippen LogP contribution in [-0.4, -0.2) is 18.6 Å². The van der Waals surface area contributed by atoms with Crippen molar-refractivity contribution in [2.45, 2.75) is 20.0 Å². The number of likely N-dealkylation sites (N-methyl/N-ethyl adjacent to an activating group) is 1. The SMILES string of the molecule is CCNC(=O)[C@H](C)Oc1ccc(Cl)c2ccccc12. The first-order valence-electron chi connectivity index (χ1n) is 6.25.